The van der Waals surface area contributed by atoms with E-state index in [0.717, 1.165) is 57.8 Å². The Labute approximate surface area is 346 Å². The Morgan fingerprint density at radius 3 is 1.70 bits per heavy atom. The van der Waals surface area contributed by atoms with Crippen molar-refractivity contribution in [3.63, 3.8) is 0 Å². The fourth-order valence-electron chi connectivity index (χ4n) is 5.57. The van der Waals surface area contributed by atoms with E-state index in [2.05, 4.69) is 86.8 Å². The highest BCUT2D eigenvalue weighted by atomic mass is 31.2. The minimum absolute atomic E-state index is 0.0549. The van der Waals surface area contributed by atoms with Gasteiger partial charge in [0.05, 0.1) is 40.0 Å². The van der Waals surface area contributed by atoms with E-state index in [9.17, 15) is 19.0 Å². The zero-order valence-electron chi connectivity index (χ0n) is 36.2. The molecule has 1 saturated heterocycles. The van der Waals surface area contributed by atoms with Gasteiger partial charge in [-0.2, -0.15) is 0 Å². The van der Waals surface area contributed by atoms with Crippen LogP contribution in [0, 0.1) is 0 Å². The molecule has 10 nitrogen and oxygen atoms in total. The predicted molar refractivity (Wildman–Crippen MR) is 230 cm³/mol. The smallest absolute Gasteiger partial charge is 0.306 e. The second kappa shape index (κ2) is 34.3. The van der Waals surface area contributed by atoms with Crippen molar-refractivity contribution in [2.75, 3.05) is 47.5 Å². The Kier molecular flexibility index (Phi) is 31.5. The summed E-state index contributed by atoms with van der Waals surface area (Å²) >= 11 is 0. The third-order valence-electron chi connectivity index (χ3n) is 9.12. The van der Waals surface area contributed by atoms with Crippen molar-refractivity contribution in [2.45, 2.75) is 161 Å². The quantitative estimate of drug-likeness (QED) is 0.0150. The molecule has 0 spiro atoms. The largest absolute Gasteiger partial charge is 0.756 e. The number of epoxide rings is 1. The highest BCUT2D eigenvalue weighted by Gasteiger charge is 2.36. The van der Waals surface area contributed by atoms with E-state index >= 15 is 0 Å². The molecule has 0 amide bonds. The molecule has 1 rings (SSSR count). The van der Waals surface area contributed by atoms with Crippen LogP contribution >= 0.6 is 7.82 Å². The molecule has 11 heteroatoms. The molecule has 0 aromatic carbocycles. The number of allylic oxidation sites excluding steroid dienone is 11. The van der Waals surface area contributed by atoms with Gasteiger partial charge in [-0.3, -0.25) is 14.2 Å². The molecular formula is C46H78NO9P. The lowest BCUT2D eigenvalue weighted by molar-refractivity contribution is -0.870. The van der Waals surface area contributed by atoms with Crippen molar-refractivity contribution in [3.8, 4) is 0 Å². The van der Waals surface area contributed by atoms with E-state index < -0.39 is 32.5 Å². The topological polar surface area (TPSA) is 124 Å². The Balaban J connectivity index is 2.39. The number of carbonyl (C=O) groups excluding carboxylic acids is 2. The molecule has 1 fully saturated rings. The van der Waals surface area contributed by atoms with Crippen molar-refractivity contribution < 1.29 is 46.8 Å². The number of carbonyl (C=O) groups is 2. The Hall–Kier alpha value is -2.59. The van der Waals surface area contributed by atoms with E-state index in [0.29, 0.717) is 30.3 Å². The van der Waals surface area contributed by atoms with Gasteiger partial charge in [-0.1, -0.05) is 112 Å². The summed E-state index contributed by atoms with van der Waals surface area (Å²) in [6, 6.07) is 0. The maximum absolute atomic E-state index is 12.7. The Morgan fingerprint density at radius 1 is 0.649 bits per heavy atom. The first-order valence-electron chi connectivity index (χ1n) is 21.8. The number of likely N-dealkylation sites (N-methyl/N-ethyl adjacent to an activating group) is 1. The molecular weight excluding hydrogens is 741 g/mol. The van der Waals surface area contributed by atoms with Gasteiger partial charge in [0.15, 0.2) is 6.10 Å². The summed E-state index contributed by atoms with van der Waals surface area (Å²) in [6.45, 7) is 4.01. The Bertz CT molecular complexity index is 1270. The van der Waals surface area contributed by atoms with Gasteiger partial charge < -0.3 is 32.6 Å². The number of ether oxygens (including phenoxy) is 3. The summed E-state index contributed by atoms with van der Waals surface area (Å²) < 4.78 is 39.6. The number of quaternary nitrogens is 1. The van der Waals surface area contributed by atoms with Gasteiger partial charge in [-0.25, -0.2) is 0 Å². The van der Waals surface area contributed by atoms with Crippen LogP contribution in [0.3, 0.4) is 0 Å². The highest BCUT2D eigenvalue weighted by molar-refractivity contribution is 7.45. The number of phosphoric acid groups is 1. The first-order chi connectivity index (χ1) is 27.5. The molecule has 1 aliphatic rings. The fraction of sp³-hybridized carbons (Fsp3) is 0.696. The minimum atomic E-state index is -4.66. The van der Waals surface area contributed by atoms with Crippen molar-refractivity contribution in [2.24, 2.45) is 0 Å². The third kappa shape index (κ3) is 35.1. The zero-order chi connectivity index (χ0) is 41.9. The van der Waals surface area contributed by atoms with Gasteiger partial charge in [-0.05, 0) is 89.9 Å². The molecule has 3 unspecified atom stereocenters. The van der Waals surface area contributed by atoms with Crippen molar-refractivity contribution in [1.29, 1.82) is 0 Å². The van der Waals surface area contributed by atoms with Gasteiger partial charge in [0.25, 0.3) is 7.82 Å². The number of hydrogen-bond donors (Lipinski definition) is 0. The lowest BCUT2D eigenvalue weighted by atomic mass is 10.1. The Morgan fingerprint density at radius 2 is 1.16 bits per heavy atom. The van der Waals surface area contributed by atoms with Crippen LogP contribution in [-0.4, -0.2) is 82.2 Å². The van der Waals surface area contributed by atoms with Crippen molar-refractivity contribution >= 4 is 19.8 Å². The SMILES string of the molecule is CCCCC/C=C\C/C=C\C/C=C\CCCCC(=O)OC[C@H](COP(=O)([O-])OCC[N+](C)(C)C)OC(=O)CCCC1OC1C/C=C\C/C=C\C/C=C\CCCCC. The van der Waals surface area contributed by atoms with Gasteiger partial charge >= 0.3 is 11.9 Å². The number of rotatable bonds is 37. The van der Waals surface area contributed by atoms with E-state index in [4.69, 9.17) is 23.3 Å². The molecule has 0 N–H and O–H groups in total. The van der Waals surface area contributed by atoms with Crippen LogP contribution in [0.1, 0.15) is 142 Å². The summed E-state index contributed by atoms with van der Waals surface area (Å²) in [5.74, 6) is -0.964. The first-order valence-corrected chi connectivity index (χ1v) is 23.2. The number of hydrogen-bond acceptors (Lipinski definition) is 9. The summed E-state index contributed by atoms with van der Waals surface area (Å²) in [6.07, 6.45) is 43.8. The van der Waals surface area contributed by atoms with Gasteiger partial charge in [0.2, 0.25) is 0 Å². The van der Waals surface area contributed by atoms with Crippen molar-refractivity contribution in [3.05, 3.63) is 72.9 Å². The maximum atomic E-state index is 12.7. The van der Waals surface area contributed by atoms with Crippen LogP contribution in [0.15, 0.2) is 72.9 Å². The van der Waals surface area contributed by atoms with Gasteiger partial charge in [0.1, 0.15) is 19.8 Å². The molecule has 0 aliphatic carbocycles. The molecule has 0 aromatic heterocycles. The molecule has 0 radical (unpaired) electrons. The molecule has 0 aromatic rings. The van der Waals surface area contributed by atoms with Crippen molar-refractivity contribution in [1.82, 2.24) is 0 Å². The van der Waals surface area contributed by atoms with Crippen LogP contribution < -0.4 is 4.89 Å². The molecule has 0 saturated carbocycles. The lowest BCUT2D eigenvalue weighted by Gasteiger charge is -2.28. The number of phosphoric ester groups is 1. The maximum Gasteiger partial charge on any atom is 0.306 e. The highest BCUT2D eigenvalue weighted by Crippen LogP contribution is 2.38. The van der Waals surface area contributed by atoms with E-state index in [1.807, 2.05) is 21.1 Å². The first kappa shape index (κ1) is 52.4. The average molecular weight is 820 g/mol. The normalized spacial score (nSPS) is 17.9. The van der Waals surface area contributed by atoms with E-state index in [1.54, 1.807) is 0 Å². The summed E-state index contributed by atoms with van der Waals surface area (Å²) in [7, 11) is 1.08. The predicted octanol–water partition coefficient (Wildman–Crippen LogP) is 10.6. The van der Waals surface area contributed by atoms with E-state index in [1.165, 1.54) is 38.5 Å². The number of unbranched alkanes of at least 4 members (excludes halogenated alkanes) is 8. The van der Waals surface area contributed by atoms with Gasteiger partial charge in [-0.15, -0.1) is 0 Å². The molecule has 326 valence electrons. The second-order valence-electron chi connectivity index (χ2n) is 15.7. The van der Waals surface area contributed by atoms with Crippen LogP contribution in [0.25, 0.3) is 0 Å². The monoisotopic (exact) mass is 820 g/mol. The minimum Gasteiger partial charge on any atom is -0.756 e. The zero-order valence-corrected chi connectivity index (χ0v) is 37.1. The number of esters is 2. The lowest BCUT2D eigenvalue weighted by Crippen LogP contribution is -2.37. The fourth-order valence-corrected chi connectivity index (χ4v) is 6.30. The summed E-state index contributed by atoms with van der Waals surface area (Å²) in [5, 5.41) is 0. The van der Waals surface area contributed by atoms with Crippen LogP contribution in [0.4, 0.5) is 0 Å². The van der Waals surface area contributed by atoms with Crippen LogP contribution in [0.2, 0.25) is 0 Å². The molecule has 1 heterocycles. The third-order valence-corrected chi connectivity index (χ3v) is 10.1. The van der Waals surface area contributed by atoms with Crippen LogP contribution in [0.5, 0.6) is 0 Å². The van der Waals surface area contributed by atoms with E-state index in [-0.39, 0.29) is 38.3 Å². The second-order valence-corrected chi connectivity index (χ2v) is 17.1. The van der Waals surface area contributed by atoms with Gasteiger partial charge in [0, 0.05) is 12.8 Å². The molecule has 57 heavy (non-hydrogen) atoms. The molecule has 0 bridgehead atoms. The van der Waals surface area contributed by atoms with Crippen LogP contribution in [-0.2, 0) is 37.4 Å². The average Bonchev–Trinajstić information content (AvgIpc) is 3.91. The molecule has 1 aliphatic heterocycles. The standard InChI is InChI=1S/C46H78NO9P/c1-6-8-10-12-14-16-18-20-21-22-24-26-28-30-32-36-45(48)52-40-42(41-54-57(50,51)53-39-38-47(3,4)5)55-46(49)37-33-35-44-43(56-44)34-31-29-27-25-23-19-17-15-13-11-9-7-2/h14-17,20-21,23-26,29,31,42-44H,6-13,18-19,22,27-28,30,32-41H2,1-5H3/b16-14-,17-15-,21-20-,25-23-,26-24-,31-29-/t42-,43?,44?/m1/s1. The number of nitrogens with zero attached hydrogens (tertiary/aromatic N) is 1. The summed E-state index contributed by atoms with van der Waals surface area (Å²) in [5.41, 5.74) is 0. The summed E-state index contributed by atoms with van der Waals surface area (Å²) in [4.78, 5) is 37.6. The molecule has 4 atom stereocenters.